The lowest BCUT2D eigenvalue weighted by atomic mass is 10.1. The number of hydrogen-bond acceptors (Lipinski definition) is 5. The van der Waals surface area contributed by atoms with Crippen molar-refractivity contribution in [3.63, 3.8) is 0 Å². The molecule has 1 atom stereocenters. The minimum Gasteiger partial charge on any atom is -0.382 e. The maximum Gasteiger partial charge on any atom is 0.434 e. The van der Waals surface area contributed by atoms with Gasteiger partial charge in [-0.1, -0.05) is 0 Å². The maximum atomic E-state index is 12.6. The van der Waals surface area contributed by atoms with Gasteiger partial charge < -0.3 is 19.7 Å². The number of guanidine groups is 1. The molecule has 0 bridgehead atoms. The maximum absolute atomic E-state index is 12.6. The van der Waals surface area contributed by atoms with E-state index in [0.29, 0.717) is 43.3 Å². The van der Waals surface area contributed by atoms with Crippen LogP contribution in [0.25, 0.3) is 0 Å². The third-order valence-electron chi connectivity index (χ3n) is 3.91. The number of nitrogens with one attached hydrogen (secondary N) is 1. The van der Waals surface area contributed by atoms with Gasteiger partial charge in [0.05, 0.1) is 26.4 Å². The van der Waals surface area contributed by atoms with Crippen molar-refractivity contribution in [2.24, 2.45) is 10.9 Å². The van der Waals surface area contributed by atoms with E-state index in [1.54, 1.807) is 7.11 Å². The fraction of sp³-hybridized carbons (Fsp3) is 0.750. The standard InChI is InChI=1S/C16H25F3N4O2S.HI/c1-3-20-15(21-8-14-22-13(11-26-14)16(17,18)19)23-5-4-12(9-23)10-25-7-6-24-2;/h11-12H,3-10H2,1-2H3,(H,20,21);1H. The third-order valence-corrected chi connectivity index (χ3v) is 4.75. The Labute approximate surface area is 178 Å². The number of aliphatic imine (C=N–C) groups is 1. The Morgan fingerprint density at radius 1 is 1.44 bits per heavy atom. The molecule has 0 aromatic carbocycles. The van der Waals surface area contributed by atoms with Crippen LogP contribution in [0, 0.1) is 5.92 Å². The highest BCUT2D eigenvalue weighted by atomic mass is 127. The van der Waals surface area contributed by atoms with Crippen molar-refractivity contribution in [1.82, 2.24) is 15.2 Å². The SMILES string of the molecule is CCNC(=NCc1nc(C(F)(F)F)cs1)N1CCC(COCCOC)C1.I. The molecule has 1 fully saturated rings. The lowest BCUT2D eigenvalue weighted by molar-refractivity contribution is -0.140. The van der Waals surface area contributed by atoms with Crippen molar-refractivity contribution in [2.75, 3.05) is 46.6 Å². The zero-order chi connectivity index (χ0) is 19.0. The number of rotatable bonds is 8. The van der Waals surface area contributed by atoms with Crippen LogP contribution in [-0.4, -0.2) is 62.4 Å². The predicted molar refractivity (Wildman–Crippen MR) is 110 cm³/mol. The summed E-state index contributed by atoms with van der Waals surface area (Å²) in [4.78, 5) is 10.2. The van der Waals surface area contributed by atoms with Gasteiger partial charge in [-0.15, -0.1) is 35.3 Å². The summed E-state index contributed by atoms with van der Waals surface area (Å²) in [7, 11) is 1.64. The van der Waals surface area contributed by atoms with Gasteiger partial charge in [0, 0.05) is 38.0 Å². The molecule has 1 unspecified atom stereocenters. The second-order valence-electron chi connectivity index (χ2n) is 5.96. The largest absolute Gasteiger partial charge is 0.434 e. The first-order valence-corrected chi connectivity index (χ1v) is 9.43. The molecular weight excluding hydrogens is 496 g/mol. The van der Waals surface area contributed by atoms with Crippen LogP contribution < -0.4 is 5.32 Å². The highest BCUT2D eigenvalue weighted by Crippen LogP contribution is 2.30. The summed E-state index contributed by atoms with van der Waals surface area (Å²) < 4.78 is 48.4. The number of hydrogen-bond donors (Lipinski definition) is 1. The Hall–Kier alpha value is -0.660. The van der Waals surface area contributed by atoms with Crippen molar-refractivity contribution < 1.29 is 22.6 Å². The number of nitrogens with zero attached hydrogens (tertiary/aromatic N) is 3. The average molecular weight is 522 g/mol. The zero-order valence-electron chi connectivity index (χ0n) is 15.4. The molecule has 27 heavy (non-hydrogen) atoms. The first-order valence-electron chi connectivity index (χ1n) is 8.55. The smallest absolute Gasteiger partial charge is 0.382 e. The lowest BCUT2D eigenvalue weighted by Gasteiger charge is -2.21. The summed E-state index contributed by atoms with van der Waals surface area (Å²) in [5.74, 6) is 1.11. The molecule has 156 valence electrons. The van der Waals surface area contributed by atoms with E-state index in [2.05, 4.69) is 20.2 Å². The van der Waals surface area contributed by atoms with Crippen molar-refractivity contribution in [2.45, 2.75) is 26.1 Å². The third kappa shape index (κ3) is 8.08. The molecule has 1 aromatic heterocycles. The highest BCUT2D eigenvalue weighted by Gasteiger charge is 2.33. The van der Waals surface area contributed by atoms with Crippen LogP contribution in [-0.2, 0) is 22.2 Å². The molecule has 1 aliphatic rings. The summed E-state index contributed by atoms with van der Waals surface area (Å²) in [5.41, 5.74) is -0.854. The minimum absolute atomic E-state index is 0. The Balaban J connectivity index is 0.00000364. The van der Waals surface area contributed by atoms with Gasteiger partial charge in [0.25, 0.3) is 0 Å². The van der Waals surface area contributed by atoms with Gasteiger partial charge in [-0.3, -0.25) is 0 Å². The molecule has 1 aliphatic heterocycles. The van der Waals surface area contributed by atoms with E-state index in [4.69, 9.17) is 9.47 Å². The normalized spacial score (nSPS) is 17.9. The van der Waals surface area contributed by atoms with E-state index in [-0.39, 0.29) is 30.5 Å². The van der Waals surface area contributed by atoms with Gasteiger partial charge in [-0.05, 0) is 13.3 Å². The van der Waals surface area contributed by atoms with Crippen molar-refractivity contribution in [3.8, 4) is 0 Å². The van der Waals surface area contributed by atoms with Crippen molar-refractivity contribution in [1.29, 1.82) is 0 Å². The van der Waals surface area contributed by atoms with Crippen LogP contribution in [0.1, 0.15) is 24.0 Å². The minimum atomic E-state index is -4.41. The van der Waals surface area contributed by atoms with Crippen LogP contribution in [0.15, 0.2) is 10.4 Å². The average Bonchev–Trinajstić information content (AvgIpc) is 3.24. The summed E-state index contributed by atoms with van der Waals surface area (Å²) in [5, 5.41) is 4.58. The second kappa shape index (κ2) is 12.0. The summed E-state index contributed by atoms with van der Waals surface area (Å²) in [6.07, 6.45) is -3.42. The first kappa shape index (κ1) is 24.4. The van der Waals surface area contributed by atoms with E-state index in [0.717, 1.165) is 36.2 Å². The van der Waals surface area contributed by atoms with Gasteiger partial charge in [-0.2, -0.15) is 13.2 Å². The molecule has 2 heterocycles. The topological polar surface area (TPSA) is 59.0 Å². The lowest BCUT2D eigenvalue weighted by Crippen LogP contribution is -2.40. The van der Waals surface area contributed by atoms with Crippen LogP contribution >= 0.6 is 35.3 Å². The van der Waals surface area contributed by atoms with E-state index in [1.165, 1.54) is 0 Å². The molecule has 1 N–H and O–H groups in total. The molecule has 0 saturated carbocycles. The first-order chi connectivity index (χ1) is 12.4. The number of likely N-dealkylation sites (tertiary alicyclic amines) is 1. The number of halogens is 4. The van der Waals surface area contributed by atoms with Crippen LogP contribution in [0.2, 0.25) is 0 Å². The highest BCUT2D eigenvalue weighted by molar-refractivity contribution is 14.0. The van der Waals surface area contributed by atoms with Crippen molar-refractivity contribution in [3.05, 3.63) is 16.1 Å². The van der Waals surface area contributed by atoms with Crippen LogP contribution in [0.5, 0.6) is 0 Å². The monoisotopic (exact) mass is 522 g/mol. The van der Waals surface area contributed by atoms with Crippen LogP contribution in [0.3, 0.4) is 0 Å². The zero-order valence-corrected chi connectivity index (χ0v) is 18.6. The molecular formula is C16H26F3IN4O2S. The molecule has 2 rings (SSSR count). The molecule has 1 aromatic rings. The summed E-state index contributed by atoms with van der Waals surface area (Å²) in [6.45, 7) is 6.26. The number of ether oxygens (including phenoxy) is 2. The van der Waals surface area contributed by atoms with E-state index >= 15 is 0 Å². The fourth-order valence-corrected chi connectivity index (χ4v) is 3.36. The van der Waals surface area contributed by atoms with Crippen molar-refractivity contribution >= 4 is 41.3 Å². The molecule has 11 heteroatoms. The molecule has 0 spiro atoms. The Bertz CT molecular complexity index is 586. The van der Waals surface area contributed by atoms with Gasteiger partial charge >= 0.3 is 6.18 Å². The second-order valence-corrected chi connectivity index (χ2v) is 6.91. The van der Waals surface area contributed by atoms with Crippen LogP contribution in [0.4, 0.5) is 13.2 Å². The summed E-state index contributed by atoms with van der Waals surface area (Å²) in [6, 6.07) is 0. The van der Waals surface area contributed by atoms with Gasteiger partial charge in [-0.25, -0.2) is 9.98 Å². The Kier molecular flexibility index (Phi) is 10.9. The van der Waals surface area contributed by atoms with Gasteiger partial charge in [0.1, 0.15) is 5.01 Å². The quantitative estimate of drug-likeness (QED) is 0.246. The number of thiazole rings is 1. The molecule has 0 radical (unpaired) electrons. The molecule has 0 amide bonds. The molecule has 0 aliphatic carbocycles. The van der Waals surface area contributed by atoms with E-state index < -0.39 is 11.9 Å². The number of methoxy groups -OCH3 is 1. The predicted octanol–water partition coefficient (Wildman–Crippen LogP) is 3.23. The summed E-state index contributed by atoms with van der Waals surface area (Å²) >= 11 is 0.979. The molecule has 1 saturated heterocycles. The molecule has 6 nitrogen and oxygen atoms in total. The number of alkyl halides is 3. The van der Waals surface area contributed by atoms with E-state index in [1.807, 2.05) is 6.92 Å². The Morgan fingerprint density at radius 2 is 2.22 bits per heavy atom. The number of aromatic nitrogens is 1. The van der Waals surface area contributed by atoms with Gasteiger partial charge in [0.2, 0.25) is 0 Å². The fourth-order valence-electron chi connectivity index (χ4n) is 2.64. The Morgan fingerprint density at radius 3 is 2.85 bits per heavy atom. The van der Waals surface area contributed by atoms with E-state index in [9.17, 15) is 13.2 Å². The van der Waals surface area contributed by atoms with Gasteiger partial charge in [0.15, 0.2) is 11.7 Å².